The number of fused-ring (bicyclic) bond motifs is 8. The van der Waals surface area contributed by atoms with Gasteiger partial charge in [-0.1, -0.05) is 121 Å². The van der Waals surface area contributed by atoms with E-state index in [-0.39, 0.29) is 41.6 Å². The predicted octanol–water partition coefficient (Wildman–Crippen LogP) is 5.08. The van der Waals surface area contributed by atoms with E-state index >= 15 is 0 Å². The molecule has 0 aliphatic carbocycles. The SMILES string of the molecule is C1=Cc2cc3[nH]c(c(-c4ccccc4)c4nc(cc5ccc(cc1n2)[nH]5)C=C4c1ccccc1)c(-c1ccccc1)c3-c1ccccc1.[Cl-].[Cl-].[Co+2]. The fraction of sp³-hybridized carbons (Fsp3) is 0. The van der Waals surface area contributed by atoms with Gasteiger partial charge in [0.15, 0.2) is 0 Å². The summed E-state index contributed by atoms with van der Waals surface area (Å²) in [4.78, 5) is 17.9. The van der Waals surface area contributed by atoms with Crippen molar-refractivity contribution < 1.29 is 41.6 Å². The zero-order valence-electron chi connectivity index (χ0n) is 27.1. The summed E-state index contributed by atoms with van der Waals surface area (Å²) in [6.45, 7) is 0. The van der Waals surface area contributed by atoms with Gasteiger partial charge < -0.3 is 34.8 Å². The van der Waals surface area contributed by atoms with Gasteiger partial charge in [-0.15, -0.1) is 0 Å². The summed E-state index contributed by atoms with van der Waals surface area (Å²) in [5.41, 5.74) is 16.3. The molecule has 51 heavy (non-hydrogen) atoms. The van der Waals surface area contributed by atoms with Crippen molar-refractivity contribution in [2.75, 3.05) is 0 Å². The van der Waals surface area contributed by atoms with Crippen molar-refractivity contribution in [3.05, 3.63) is 180 Å². The van der Waals surface area contributed by atoms with Crippen LogP contribution in [0.5, 0.6) is 0 Å². The number of hydrogen-bond donors (Lipinski definition) is 2. The number of aromatic nitrogens is 4. The van der Waals surface area contributed by atoms with Crippen LogP contribution in [0.2, 0.25) is 0 Å². The van der Waals surface area contributed by atoms with Gasteiger partial charge in [0.1, 0.15) is 0 Å². The molecule has 2 N–H and O–H groups in total. The van der Waals surface area contributed by atoms with Crippen molar-refractivity contribution in [2.45, 2.75) is 0 Å². The van der Waals surface area contributed by atoms with Crippen LogP contribution < -0.4 is 24.8 Å². The first kappa shape index (κ1) is 35.4. The number of hydrogen-bond acceptors (Lipinski definition) is 2. The molecule has 8 bridgehead atoms. The van der Waals surface area contributed by atoms with Crippen molar-refractivity contribution >= 4 is 45.9 Å². The number of aromatic amines is 2. The van der Waals surface area contributed by atoms with E-state index in [9.17, 15) is 0 Å². The molecule has 249 valence electrons. The molecule has 9 rings (SSSR count). The minimum absolute atomic E-state index is 0. The zero-order valence-corrected chi connectivity index (χ0v) is 29.7. The van der Waals surface area contributed by atoms with Crippen molar-refractivity contribution in [1.29, 1.82) is 0 Å². The standard InChI is InChI=1S/C44H30N4.2ClH.Co/c1-5-13-29(14-6-1)38-27-37-26-35-22-21-33(45-35)25-34-23-24-36(46-34)28-39-40(30-15-7-2-8-16-30)41(31-17-9-3-10-18-31)44(48-39)42(43(38)47-37)32-19-11-4-12-20-32;;;/h1-28,45,48H;2*1H;/q;;;+2/p-2. The van der Waals surface area contributed by atoms with E-state index in [1.54, 1.807) is 0 Å². The second kappa shape index (κ2) is 15.2. The molecule has 0 saturated heterocycles. The Labute approximate surface area is 319 Å². The molecule has 7 aromatic rings. The normalized spacial score (nSPS) is 11.5. The van der Waals surface area contributed by atoms with E-state index in [0.29, 0.717) is 0 Å². The van der Waals surface area contributed by atoms with Crippen molar-refractivity contribution in [2.24, 2.45) is 0 Å². The van der Waals surface area contributed by atoms with Crippen LogP contribution in [0.1, 0.15) is 28.3 Å². The predicted molar refractivity (Wildman–Crippen MR) is 200 cm³/mol. The first-order chi connectivity index (χ1) is 23.8. The Hall–Kier alpha value is -5.43. The summed E-state index contributed by atoms with van der Waals surface area (Å²) in [5, 5.41) is 0. The molecule has 4 aromatic carbocycles. The molecule has 0 atom stereocenters. The van der Waals surface area contributed by atoms with Crippen LogP contribution in [0.25, 0.3) is 79.2 Å². The van der Waals surface area contributed by atoms with Crippen LogP contribution in [0.15, 0.2) is 152 Å². The average Bonchev–Trinajstić information content (AvgIpc) is 3.94. The molecule has 2 aliphatic rings. The van der Waals surface area contributed by atoms with Gasteiger partial charge in [-0.3, -0.25) is 0 Å². The first-order valence-electron chi connectivity index (χ1n) is 16.2. The summed E-state index contributed by atoms with van der Waals surface area (Å²) >= 11 is 0. The van der Waals surface area contributed by atoms with Crippen LogP contribution in [0.3, 0.4) is 0 Å². The Morgan fingerprint density at radius 3 is 1.45 bits per heavy atom. The maximum atomic E-state index is 5.42. The smallest absolute Gasteiger partial charge is 1.00 e. The molecular formula is C44H30Cl2CoN4. The largest absolute Gasteiger partial charge is 2.00 e. The van der Waals surface area contributed by atoms with E-state index in [2.05, 4.69) is 180 Å². The maximum Gasteiger partial charge on any atom is 2.00 e. The Bertz CT molecular complexity index is 2540. The third-order valence-corrected chi connectivity index (χ3v) is 8.89. The summed E-state index contributed by atoms with van der Waals surface area (Å²) in [6, 6.07) is 53.0. The van der Waals surface area contributed by atoms with E-state index in [0.717, 1.165) is 89.4 Å². The third-order valence-electron chi connectivity index (χ3n) is 8.89. The number of nitrogens with zero attached hydrogens (tertiary/aromatic N) is 2. The maximum absolute atomic E-state index is 5.42. The van der Waals surface area contributed by atoms with E-state index in [1.165, 1.54) is 0 Å². The molecule has 7 heteroatoms. The van der Waals surface area contributed by atoms with Crippen LogP contribution in [-0.2, 0) is 16.8 Å². The van der Waals surface area contributed by atoms with Gasteiger partial charge in [0.05, 0.1) is 28.3 Å². The Kier molecular flexibility index (Phi) is 10.6. The van der Waals surface area contributed by atoms with Gasteiger partial charge in [0.25, 0.3) is 0 Å². The molecule has 0 spiro atoms. The molecule has 4 nitrogen and oxygen atoms in total. The fourth-order valence-electron chi connectivity index (χ4n) is 6.78. The minimum Gasteiger partial charge on any atom is -1.00 e. The minimum atomic E-state index is 0. The van der Waals surface area contributed by atoms with Crippen LogP contribution >= 0.6 is 0 Å². The van der Waals surface area contributed by atoms with Crippen LogP contribution in [0, 0.1) is 0 Å². The van der Waals surface area contributed by atoms with Gasteiger partial charge >= 0.3 is 16.8 Å². The summed E-state index contributed by atoms with van der Waals surface area (Å²) in [7, 11) is 0. The fourth-order valence-corrected chi connectivity index (χ4v) is 6.78. The number of rotatable bonds is 4. The molecule has 0 saturated carbocycles. The van der Waals surface area contributed by atoms with Gasteiger partial charge in [0.2, 0.25) is 0 Å². The van der Waals surface area contributed by atoms with Gasteiger partial charge in [-0.25, -0.2) is 9.97 Å². The zero-order chi connectivity index (χ0) is 31.9. The first-order valence-corrected chi connectivity index (χ1v) is 16.2. The van der Waals surface area contributed by atoms with Gasteiger partial charge in [-0.05, 0) is 70.8 Å². The monoisotopic (exact) mass is 743 g/mol. The molecule has 0 amide bonds. The summed E-state index contributed by atoms with van der Waals surface area (Å²) < 4.78 is 0. The van der Waals surface area contributed by atoms with E-state index in [1.807, 2.05) is 0 Å². The van der Waals surface area contributed by atoms with Crippen molar-refractivity contribution in [1.82, 2.24) is 19.9 Å². The molecule has 1 radical (unpaired) electrons. The molecular weight excluding hydrogens is 714 g/mol. The number of nitrogens with one attached hydrogen (secondary N) is 2. The Balaban J connectivity index is 0.00000149. The quantitative estimate of drug-likeness (QED) is 0.265. The summed E-state index contributed by atoms with van der Waals surface area (Å²) in [5.74, 6) is 0. The second-order valence-electron chi connectivity index (χ2n) is 12.0. The molecule has 5 heterocycles. The molecule has 3 aromatic heterocycles. The summed E-state index contributed by atoms with van der Waals surface area (Å²) in [6.07, 6.45) is 6.35. The van der Waals surface area contributed by atoms with Crippen LogP contribution in [-0.4, -0.2) is 19.9 Å². The van der Waals surface area contributed by atoms with Gasteiger partial charge in [-0.2, -0.15) is 0 Å². The van der Waals surface area contributed by atoms with Crippen molar-refractivity contribution in [3.63, 3.8) is 0 Å². The molecule has 0 unspecified atom stereocenters. The third kappa shape index (κ3) is 6.85. The second-order valence-corrected chi connectivity index (χ2v) is 12.0. The number of benzene rings is 4. The molecule has 0 fully saturated rings. The Morgan fingerprint density at radius 1 is 0.412 bits per heavy atom. The Morgan fingerprint density at radius 2 is 0.882 bits per heavy atom. The number of H-pyrrole nitrogens is 2. The van der Waals surface area contributed by atoms with E-state index < -0.39 is 0 Å². The molecule has 2 aliphatic heterocycles. The van der Waals surface area contributed by atoms with Crippen molar-refractivity contribution in [3.8, 4) is 33.4 Å². The van der Waals surface area contributed by atoms with Gasteiger partial charge in [0, 0.05) is 38.8 Å². The average molecular weight is 745 g/mol. The number of halogens is 2. The van der Waals surface area contributed by atoms with Crippen LogP contribution in [0.4, 0.5) is 0 Å². The van der Waals surface area contributed by atoms with E-state index in [4.69, 9.17) is 9.97 Å². The topological polar surface area (TPSA) is 57.4 Å².